The largest absolute Gasteiger partial charge is 0.454 e. The average Bonchev–Trinajstić information content (AvgIpc) is 3.16. The van der Waals surface area contributed by atoms with Crippen LogP contribution in [0, 0.1) is 11.3 Å². The number of rotatable bonds is 4. The quantitative estimate of drug-likeness (QED) is 0.737. The third kappa shape index (κ3) is 3.62. The molecule has 8 nitrogen and oxygen atoms in total. The minimum absolute atomic E-state index is 0.170. The van der Waals surface area contributed by atoms with Crippen LogP contribution in [-0.2, 0) is 0 Å². The van der Waals surface area contributed by atoms with E-state index in [1.807, 2.05) is 0 Å². The first kappa shape index (κ1) is 16.4. The molecule has 0 spiro atoms. The molecule has 2 N–H and O–H groups in total. The number of anilines is 3. The summed E-state index contributed by atoms with van der Waals surface area (Å²) in [5.41, 5.74) is 2.09. The number of aromatic nitrogens is 2. The molecule has 0 aliphatic carbocycles. The first-order valence-corrected chi connectivity index (χ1v) is 8.01. The van der Waals surface area contributed by atoms with Gasteiger partial charge in [0.15, 0.2) is 11.5 Å². The number of benzene rings is 2. The molecular formula is C19H13N5O3. The molecule has 0 saturated heterocycles. The number of carbonyl (C=O) groups excluding carboxylic acids is 1. The summed E-state index contributed by atoms with van der Waals surface area (Å²) in [6.07, 6.45) is 1.31. The lowest BCUT2D eigenvalue weighted by molar-refractivity contribution is 0.102. The second-order valence-electron chi connectivity index (χ2n) is 5.62. The van der Waals surface area contributed by atoms with Crippen molar-refractivity contribution >= 4 is 23.1 Å². The van der Waals surface area contributed by atoms with Crippen LogP contribution in [0.3, 0.4) is 0 Å². The molecule has 2 aromatic carbocycles. The summed E-state index contributed by atoms with van der Waals surface area (Å²) in [5.74, 6) is 1.31. The lowest BCUT2D eigenvalue weighted by Crippen LogP contribution is -2.14. The zero-order valence-electron chi connectivity index (χ0n) is 14.0. The SMILES string of the molecule is N#Cc1ccc(Nc2cc(C(=O)Nc3ccc4c(c3)OCO4)ncn2)cc1. The first-order chi connectivity index (χ1) is 13.2. The molecule has 0 fully saturated rings. The second kappa shape index (κ2) is 7.01. The maximum Gasteiger partial charge on any atom is 0.274 e. The van der Waals surface area contributed by atoms with E-state index in [1.165, 1.54) is 6.33 Å². The highest BCUT2D eigenvalue weighted by Crippen LogP contribution is 2.34. The Labute approximate surface area is 154 Å². The fourth-order valence-corrected chi connectivity index (χ4v) is 2.50. The number of fused-ring (bicyclic) bond motifs is 1. The highest BCUT2D eigenvalue weighted by Gasteiger charge is 2.15. The molecule has 0 atom stereocenters. The number of hydrogen-bond donors (Lipinski definition) is 2. The van der Waals surface area contributed by atoms with Crippen LogP contribution in [-0.4, -0.2) is 22.7 Å². The summed E-state index contributed by atoms with van der Waals surface area (Å²) in [6.45, 7) is 0.170. The van der Waals surface area contributed by atoms with Gasteiger partial charge >= 0.3 is 0 Å². The van der Waals surface area contributed by atoms with Gasteiger partial charge in [-0.25, -0.2) is 9.97 Å². The Morgan fingerprint density at radius 1 is 1.00 bits per heavy atom. The molecule has 1 aliphatic rings. The number of nitrogens with zero attached hydrogens (tertiary/aromatic N) is 3. The van der Waals surface area contributed by atoms with E-state index in [4.69, 9.17) is 14.7 Å². The lowest BCUT2D eigenvalue weighted by Gasteiger charge is -2.08. The number of amides is 1. The van der Waals surface area contributed by atoms with E-state index in [1.54, 1.807) is 48.5 Å². The van der Waals surface area contributed by atoms with E-state index in [-0.39, 0.29) is 18.4 Å². The van der Waals surface area contributed by atoms with Crippen molar-refractivity contribution in [1.82, 2.24) is 9.97 Å². The zero-order chi connectivity index (χ0) is 18.6. The number of ether oxygens (including phenoxy) is 2. The Hall–Kier alpha value is -4.12. The van der Waals surface area contributed by atoms with Crippen molar-refractivity contribution in [2.75, 3.05) is 17.4 Å². The van der Waals surface area contributed by atoms with E-state index in [0.717, 1.165) is 5.69 Å². The van der Waals surface area contributed by atoms with Crippen LogP contribution in [0.2, 0.25) is 0 Å². The van der Waals surface area contributed by atoms with Crippen LogP contribution in [0.1, 0.15) is 16.1 Å². The number of carbonyl (C=O) groups is 1. The summed E-state index contributed by atoms with van der Waals surface area (Å²) in [5, 5.41) is 14.7. The lowest BCUT2D eigenvalue weighted by atomic mass is 10.2. The molecule has 0 bridgehead atoms. The van der Waals surface area contributed by atoms with Crippen molar-refractivity contribution in [2.45, 2.75) is 0 Å². The van der Waals surface area contributed by atoms with Crippen molar-refractivity contribution in [3.8, 4) is 17.6 Å². The Balaban J connectivity index is 1.48. The monoisotopic (exact) mass is 359 g/mol. The molecule has 0 unspecified atom stereocenters. The van der Waals surface area contributed by atoms with Gasteiger partial charge < -0.3 is 20.1 Å². The Kier molecular flexibility index (Phi) is 4.25. The smallest absolute Gasteiger partial charge is 0.274 e. The summed E-state index contributed by atoms with van der Waals surface area (Å²) < 4.78 is 10.5. The molecular weight excluding hydrogens is 346 g/mol. The summed E-state index contributed by atoms with van der Waals surface area (Å²) in [7, 11) is 0. The zero-order valence-corrected chi connectivity index (χ0v) is 14.0. The highest BCUT2D eigenvalue weighted by molar-refractivity contribution is 6.03. The molecule has 8 heteroatoms. The molecule has 1 aliphatic heterocycles. The van der Waals surface area contributed by atoms with Gasteiger partial charge in [-0.15, -0.1) is 0 Å². The number of nitrogens with one attached hydrogen (secondary N) is 2. The van der Waals surface area contributed by atoms with Crippen molar-refractivity contribution in [1.29, 1.82) is 5.26 Å². The van der Waals surface area contributed by atoms with Gasteiger partial charge in [0.05, 0.1) is 11.6 Å². The molecule has 1 aromatic heterocycles. The van der Waals surface area contributed by atoms with Crippen LogP contribution in [0.25, 0.3) is 0 Å². The topological polar surface area (TPSA) is 109 Å². The van der Waals surface area contributed by atoms with Crippen LogP contribution in [0.15, 0.2) is 54.9 Å². The normalized spacial score (nSPS) is 11.5. The van der Waals surface area contributed by atoms with Crippen molar-refractivity contribution in [3.63, 3.8) is 0 Å². The molecule has 1 amide bonds. The van der Waals surface area contributed by atoms with E-state index in [9.17, 15) is 4.79 Å². The molecule has 0 radical (unpaired) electrons. The number of hydrogen-bond acceptors (Lipinski definition) is 7. The van der Waals surface area contributed by atoms with Crippen molar-refractivity contribution < 1.29 is 14.3 Å². The summed E-state index contributed by atoms with van der Waals surface area (Å²) in [4.78, 5) is 20.6. The average molecular weight is 359 g/mol. The van der Waals surface area contributed by atoms with Gasteiger partial charge in [0, 0.05) is 23.5 Å². The van der Waals surface area contributed by atoms with Gasteiger partial charge in [0.2, 0.25) is 6.79 Å². The van der Waals surface area contributed by atoms with Gasteiger partial charge in [-0.2, -0.15) is 5.26 Å². The predicted molar refractivity (Wildman–Crippen MR) is 97.0 cm³/mol. The maximum absolute atomic E-state index is 12.5. The predicted octanol–water partition coefficient (Wildman–Crippen LogP) is 3.07. The molecule has 2 heterocycles. The van der Waals surface area contributed by atoms with Crippen molar-refractivity contribution in [2.24, 2.45) is 0 Å². The fourth-order valence-electron chi connectivity index (χ4n) is 2.50. The third-order valence-electron chi connectivity index (χ3n) is 3.82. The van der Waals surface area contributed by atoms with E-state index in [2.05, 4.69) is 26.7 Å². The maximum atomic E-state index is 12.5. The minimum atomic E-state index is -0.376. The molecule has 132 valence electrons. The van der Waals surface area contributed by atoms with Gasteiger partial charge in [-0.05, 0) is 36.4 Å². The van der Waals surface area contributed by atoms with Crippen LogP contribution in [0.4, 0.5) is 17.2 Å². The summed E-state index contributed by atoms with van der Waals surface area (Å²) in [6, 6.07) is 15.6. The molecule has 3 aromatic rings. The van der Waals surface area contributed by atoms with Crippen molar-refractivity contribution in [3.05, 3.63) is 66.1 Å². The van der Waals surface area contributed by atoms with Gasteiger partial charge in [-0.3, -0.25) is 4.79 Å². The molecule has 4 rings (SSSR count). The van der Waals surface area contributed by atoms with Crippen LogP contribution in [0.5, 0.6) is 11.5 Å². The van der Waals surface area contributed by atoms with Gasteiger partial charge in [0.1, 0.15) is 17.8 Å². The fraction of sp³-hybridized carbons (Fsp3) is 0.0526. The Morgan fingerprint density at radius 3 is 2.59 bits per heavy atom. The molecule has 0 saturated carbocycles. The first-order valence-electron chi connectivity index (χ1n) is 8.01. The minimum Gasteiger partial charge on any atom is -0.454 e. The van der Waals surface area contributed by atoms with Gasteiger partial charge in [0.25, 0.3) is 5.91 Å². The van der Waals surface area contributed by atoms with Crippen LogP contribution < -0.4 is 20.1 Å². The van der Waals surface area contributed by atoms with E-state index in [0.29, 0.717) is 28.6 Å². The standard InChI is InChI=1S/C19H13N5O3/c20-9-12-1-3-13(4-2-12)23-18-8-15(21-10-22-18)19(25)24-14-5-6-16-17(7-14)27-11-26-16/h1-8,10H,11H2,(H,24,25)(H,21,22,23). The Morgan fingerprint density at radius 2 is 1.78 bits per heavy atom. The van der Waals surface area contributed by atoms with Crippen LogP contribution >= 0.6 is 0 Å². The van der Waals surface area contributed by atoms with Gasteiger partial charge in [-0.1, -0.05) is 0 Å². The molecule has 27 heavy (non-hydrogen) atoms. The second-order valence-corrected chi connectivity index (χ2v) is 5.62. The number of nitriles is 1. The van der Waals surface area contributed by atoms with E-state index >= 15 is 0 Å². The summed E-state index contributed by atoms with van der Waals surface area (Å²) >= 11 is 0. The Bertz CT molecular complexity index is 1040. The van der Waals surface area contributed by atoms with E-state index < -0.39 is 0 Å². The third-order valence-corrected chi connectivity index (χ3v) is 3.82. The highest BCUT2D eigenvalue weighted by atomic mass is 16.7.